The number of carbonyl (C=O) groups is 2. The molecule has 30 heavy (non-hydrogen) atoms. The van der Waals surface area contributed by atoms with Gasteiger partial charge in [-0.2, -0.15) is 0 Å². The van der Waals surface area contributed by atoms with Crippen LogP contribution in [0, 0.1) is 5.82 Å². The van der Waals surface area contributed by atoms with E-state index in [0.29, 0.717) is 42.1 Å². The molecule has 8 nitrogen and oxygen atoms in total. The Balaban J connectivity index is 1.97. The van der Waals surface area contributed by atoms with E-state index >= 15 is 0 Å². The van der Waals surface area contributed by atoms with Crippen LogP contribution in [0.3, 0.4) is 0 Å². The van der Waals surface area contributed by atoms with E-state index in [1.807, 2.05) is 0 Å². The maximum Gasteiger partial charge on any atom is 0.408 e. The summed E-state index contributed by atoms with van der Waals surface area (Å²) < 4.78 is 30.8. The summed E-state index contributed by atoms with van der Waals surface area (Å²) in [5.41, 5.74) is -0.831. The van der Waals surface area contributed by atoms with Crippen LogP contribution in [0.5, 0.6) is 5.75 Å². The van der Waals surface area contributed by atoms with Crippen molar-refractivity contribution in [1.82, 2.24) is 5.32 Å². The second-order valence-corrected chi connectivity index (χ2v) is 9.18. The number of aliphatic hydroxyl groups is 1. The molecule has 1 aromatic rings. The molecule has 2 N–H and O–H groups in total. The molecule has 1 amide bonds. The lowest BCUT2D eigenvalue weighted by atomic mass is 9.99. The van der Waals surface area contributed by atoms with Gasteiger partial charge >= 0.3 is 12.1 Å². The van der Waals surface area contributed by atoms with Crippen molar-refractivity contribution in [3.63, 3.8) is 0 Å². The molecule has 2 aliphatic rings. The fraction of sp³-hybridized carbons (Fsp3) is 0.600. The normalized spacial score (nSPS) is 20.6. The molecule has 1 atom stereocenters. The number of hydrogen-bond donors (Lipinski definition) is 2. The molecule has 0 spiro atoms. The summed E-state index contributed by atoms with van der Waals surface area (Å²) in [5.74, 6) is -0.710. The summed E-state index contributed by atoms with van der Waals surface area (Å²) in [4.78, 5) is 26.9. The number of aliphatic hydroxyl groups excluding tert-OH is 1. The molecule has 0 aliphatic carbocycles. The van der Waals surface area contributed by atoms with E-state index in [2.05, 4.69) is 21.2 Å². The van der Waals surface area contributed by atoms with Crippen molar-refractivity contribution in [2.75, 3.05) is 31.7 Å². The zero-order valence-electron chi connectivity index (χ0n) is 17.4. The molecule has 3 rings (SSSR count). The van der Waals surface area contributed by atoms with Gasteiger partial charge in [-0.05, 0) is 36.7 Å². The predicted molar refractivity (Wildman–Crippen MR) is 110 cm³/mol. The van der Waals surface area contributed by atoms with E-state index in [4.69, 9.17) is 14.2 Å². The van der Waals surface area contributed by atoms with Crippen LogP contribution >= 0.6 is 15.9 Å². The first kappa shape index (κ1) is 22.6. The average molecular weight is 489 g/mol. The van der Waals surface area contributed by atoms with Crippen LogP contribution in [-0.2, 0) is 27.3 Å². The van der Waals surface area contributed by atoms with Crippen molar-refractivity contribution in [2.45, 2.75) is 51.4 Å². The number of rotatable bonds is 4. The van der Waals surface area contributed by atoms with E-state index in [0.717, 1.165) is 0 Å². The maximum absolute atomic E-state index is 14.7. The molecule has 166 valence electrons. The largest absolute Gasteiger partial charge is 0.491 e. The number of hydrogen-bond acceptors (Lipinski definition) is 7. The number of ether oxygens (including phenoxy) is 3. The van der Waals surface area contributed by atoms with Crippen LogP contribution in [0.2, 0.25) is 0 Å². The molecule has 1 saturated heterocycles. The quantitative estimate of drug-likeness (QED) is 0.628. The van der Waals surface area contributed by atoms with Crippen LogP contribution < -0.4 is 15.0 Å². The first-order valence-corrected chi connectivity index (χ1v) is 10.4. The van der Waals surface area contributed by atoms with Gasteiger partial charge in [-0.25, -0.2) is 14.0 Å². The summed E-state index contributed by atoms with van der Waals surface area (Å²) >= 11 is 3.24. The zero-order chi connectivity index (χ0) is 22.3. The number of anilines is 1. The number of methoxy groups -OCH3 is 1. The molecule has 10 heteroatoms. The molecule has 2 heterocycles. The Kier molecular flexibility index (Phi) is 6.20. The Labute approximate surface area is 182 Å². The Morgan fingerprint density at radius 2 is 2.10 bits per heavy atom. The van der Waals surface area contributed by atoms with Crippen molar-refractivity contribution in [3.8, 4) is 5.75 Å². The fourth-order valence-electron chi connectivity index (χ4n) is 3.88. The lowest BCUT2D eigenvalue weighted by molar-refractivity contribution is -0.147. The Bertz CT molecular complexity index is 868. The highest BCUT2D eigenvalue weighted by atomic mass is 79.9. The summed E-state index contributed by atoms with van der Waals surface area (Å²) in [5, 5.41) is 12.6. The third-order valence-electron chi connectivity index (χ3n) is 5.16. The van der Waals surface area contributed by atoms with Crippen molar-refractivity contribution < 1.29 is 33.3 Å². The van der Waals surface area contributed by atoms with Crippen LogP contribution in [-0.4, -0.2) is 55.1 Å². The molecular weight excluding hydrogens is 463 g/mol. The lowest BCUT2D eigenvalue weighted by Gasteiger charge is -2.31. The predicted octanol–water partition coefficient (Wildman–Crippen LogP) is 2.66. The third-order valence-corrected chi connectivity index (χ3v) is 5.98. The van der Waals surface area contributed by atoms with Gasteiger partial charge in [-0.3, -0.25) is 0 Å². The van der Waals surface area contributed by atoms with Crippen molar-refractivity contribution >= 4 is 33.7 Å². The van der Waals surface area contributed by atoms with Gasteiger partial charge in [0.1, 0.15) is 17.2 Å². The first-order chi connectivity index (χ1) is 14.0. The van der Waals surface area contributed by atoms with Crippen LogP contribution in [0.1, 0.15) is 38.3 Å². The molecule has 2 aliphatic heterocycles. The van der Waals surface area contributed by atoms with Gasteiger partial charge in [0.05, 0.1) is 37.0 Å². The topological polar surface area (TPSA) is 97.3 Å². The van der Waals surface area contributed by atoms with Crippen LogP contribution in [0.25, 0.3) is 0 Å². The standard InChI is InChI=1S/C20H26BrFN2O6/c1-19(2,3)30-18(27)23-20(17(26)28-4)6-7-24(10-20)15-12(9-25)13(21)14(22)11-5-8-29-16(11)15/h25H,5-10H2,1-4H3,(H,23,27)/t20-/m1/s1. The number of nitrogens with zero attached hydrogens (tertiary/aromatic N) is 1. The Hall–Kier alpha value is -2.07. The first-order valence-electron chi connectivity index (χ1n) is 9.64. The van der Waals surface area contributed by atoms with Gasteiger partial charge in [0.2, 0.25) is 0 Å². The summed E-state index contributed by atoms with van der Waals surface area (Å²) in [6.07, 6.45) is -0.0862. The number of amides is 1. The molecule has 1 fully saturated rings. The third kappa shape index (κ3) is 4.07. The highest BCUT2D eigenvalue weighted by Crippen LogP contribution is 2.46. The monoisotopic (exact) mass is 488 g/mol. The number of esters is 1. The summed E-state index contributed by atoms with van der Waals surface area (Å²) in [7, 11) is 1.25. The summed E-state index contributed by atoms with van der Waals surface area (Å²) in [6, 6.07) is 0. The smallest absolute Gasteiger partial charge is 0.408 e. The van der Waals surface area contributed by atoms with Gasteiger partial charge < -0.3 is 29.5 Å². The number of alkyl carbamates (subject to hydrolysis) is 1. The second kappa shape index (κ2) is 8.22. The van der Waals surface area contributed by atoms with Crippen molar-refractivity contribution in [3.05, 3.63) is 21.4 Å². The highest BCUT2D eigenvalue weighted by Gasteiger charge is 2.49. The van der Waals surface area contributed by atoms with Gasteiger partial charge in [0.25, 0.3) is 0 Å². The minimum absolute atomic E-state index is 0.0553. The van der Waals surface area contributed by atoms with Crippen molar-refractivity contribution in [1.29, 1.82) is 0 Å². The van der Waals surface area contributed by atoms with E-state index in [1.54, 1.807) is 25.7 Å². The van der Waals surface area contributed by atoms with Crippen molar-refractivity contribution in [2.24, 2.45) is 0 Å². The molecule has 0 radical (unpaired) electrons. The van der Waals surface area contributed by atoms with Gasteiger partial charge in [0, 0.05) is 30.5 Å². The summed E-state index contributed by atoms with van der Waals surface area (Å²) in [6.45, 7) is 5.48. The molecule has 0 unspecified atom stereocenters. The molecular formula is C20H26BrFN2O6. The highest BCUT2D eigenvalue weighted by molar-refractivity contribution is 9.10. The van der Waals surface area contributed by atoms with Gasteiger partial charge in [0.15, 0.2) is 5.54 Å². The lowest BCUT2D eigenvalue weighted by Crippen LogP contribution is -2.57. The second-order valence-electron chi connectivity index (χ2n) is 8.39. The minimum atomic E-state index is -1.35. The average Bonchev–Trinajstić information content (AvgIpc) is 3.30. The Morgan fingerprint density at radius 1 is 1.40 bits per heavy atom. The molecule has 0 bridgehead atoms. The van der Waals surface area contributed by atoms with Crippen LogP contribution in [0.4, 0.5) is 14.9 Å². The van der Waals surface area contributed by atoms with Gasteiger partial charge in [-0.15, -0.1) is 0 Å². The number of carbonyl (C=O) groups excluding carboxylic acids is 2. The molecule has 0 saturated carbocycles. The van der Waals surface area contributed by atoms with E-state index in [1.165, 1.54) is 7.11 Å². The number of benzene rings is 1. The molecule has 1 aromatic carbocycles. The minimum Gasteiger partial charge on any atom is -0.491 e. The van der Waals surface area contributed by atoms with E-state index < -0.39 is 35.6 Å². The maximum atomic E-state index is 14.7. The number of halogens is 2. The zero-order valence-corrected chi connectivity index (χ0v) is 19.0. The number of nitrogens with one attached hydrogen (secondary N) is 1. The fourth-order valence-corrected chi connectivity index (χ4v) is 4.43. The van der Waals surface area contributed by atoms with E-state index in [-0.39, 0.29) is 17.4 Å². The Morgan fingerprint density at radius 3 is 2.70 bits per heavy atom. The number of fused-ring (bicyclic) bond motifs is 1. The van der Waals surface area contributed by atoms with E-state index in [9.17, 15) is 19.1 Å². The SMILES string of the molecule is COC(=O)[C@@]1(NC(=O)OC(C)(C)C)CCN(c2c(CO)c(Br)c(F)c3c2OCC3)C1. The molecule has 0 aromatic heterocycles. The van der Waals surface area contributed by atoms with Crippen LogP contribution in [0.15, 0.2) is 4.47 Å². The van der Waals surface area contributed by atoms with Gasteiger partial charge in [-0.1, -0.05) is 0 Å².